The normalized spacial score (nSPS) is 11.4. The summed E-state index contributed by atoms with van der Waals surface area (Å²) in [6.45, 7) is 0. The Labute approximate surface area is 155 Å². The van der Waals surface area contributed by atoms with E-state index in [-0.39, 0.29) is 27.4 Å². The summed E-state index contributed by atoms with van der Waals surface area (Å²) in [5.41, 5.74) is -0.631. The van der Waals surface area contributed by atoms with Crippen molar-refractivity contribution in [2.45, 2.75) is 6.18 Å². The van der Waals surface area contributed by atoms with Gasteiger partial charge in [0.15, 0.2) is 17.8 Å². The quantitative estimate of drug-likeness (QED) is 0.483. The Hall–Kier alpha value is -2.51. The van der Waals surface area contributed by atoms with Gasteiger partial charge in [0.05, 0.1) is 10.0 Å². The number of furan rings is 1. The first kappa shape index (κ1) is 18.3. The molecule has 0 bridgehead atoms. The molecule has 0 N–H and O–H groups in total. The van der Waals surface area contributed by atoms with Crippen LogP contribution in [0.25, 0.3) is 11.3 Å². The first-order valence-electron chi connectivity index (χ1n) is 7.04. The van der Waals surface area contributed by atoms with Crippen molar-refractivity contribution in [3.05, 3.63) is 64.0 Å². The molecule has 0 amide bonds. The van der Waals surface area contributed by atoms with Crippen LogP contribution in [0.2, 0.25) is 10.0 Å². The fourth-order valence-electron chi connectivity index (χ4n) is 2.11. The van der Waals surface area contributed by atoms with Crippen LogP contribution in [-0.2, 0) is 6.18 Å². The van der Waals surface area contributed by atoms with E-state index in [1.54, 1.807) is 6.07 Å². The van der Waals surface area contributed by atoms with E-state index in [2.05, 4.69) is 4.98 Å². The van der Waals surface area contributed by atoms with Crippen LogP contribution in [0, 0.1) is 0 Å². The SMILES string of the molecule is O=Cc1ccc(-c2cc(Cl)c(Oc3cccc(C(F)(F)F)n3)c(Cl)c2)o1. The van der Waals surface area contributed by atoms with E-state index in [1.807, 2.05) is 0 Å². The van der Waals surface area contributed by atoms with E-state index in [1.165, 1.54) is 24.3 Å². The Balaban J connectivity index is 1.93. The van der Waals surface area contributed by atoms with E-state index in [4.69, 9.17) is 32.4 Å². The van der Waals surface area contributed by atoms with Crippen LogP contribution in [0.3, 0.4) is 0 Å². The lowest BCUT2D eigenvalue weighted by Crippen LogP contribution is -2.08. The van der Waals surface area contributed by atoms with Gasteiger partial charge in [-0.25, -0.2) is 4.98 Å². The number of carbonyl (C=O) groups excluding carboxylic acids is 1. The van der Waals surface area contributed by atoms with E-state index < -0.39 is 11.9 Å². The zero-order chi connectivity index (χ0) is 18.9. The van der Waals surface area contributed by atoms with Gasteiger partial charge in [0.25, 0.3) is 0 Å². The molecule has 4 nitrogen and oxygen atoms in total. The fraction of sp³-hybridized carbons (Fsp3) is 0.0588. The predicted octanol–water partition coefficient (Wildman–Crippen LogP) is 6.27. The summed E-state index contributed by atoms with van der Waals surface area (Å²) in [7, 11) is 0. The number of aldehydes is 1. The molecule has 0 aliphatic carbocycles. The average molecular weight is 402 g/mol. The highest BCUT2D eigenvalue weighted by Crippen LogP contribution is 2.40. The monoisotopic (exact) mass is 401 g/mol. The number of halogens is 5. The van der Waals surface area contributed by atoms with Crippen molar-refractivity contribution in [1.29, 1.82) is 0 Å². The van der Waals surface area contributed by atoms with Crippen LogP contribution >= 0.6 is 23.2 Å². The minimum absolute atomic E-state index is 0.0377. The summed E-state index contributed by atoms with van der Waals surface area (Å²) >= 11 is 12.3. The molecule has 134 valence electrons. The van der Waals surface area contributed by atoms with Gasteiger partial charge in [-0.1, -0.05) is 29.3 Å². The standard InChI is InChI=1S/C17H8Cl2F3NO3/c18-11-6-9(13-5-4-10(8-24)25-13)7-12(19)16(11)26-15-3-1-2-14(23-15)17(20,21)22/h1-8H. The third kappa shape index (κ3) is 3.84. The number of hydrogen-bond acceptors (Lipinski definition) is 4. The maximum atomic E-state index is 12.7. The number of carbonyl (C=O) groups is 1. The minimum atomic E-state index is -4.60. The highest BCUT2D eigenvalue weighted by Gasteiger charge is 2.32. The van der Waals surface area contributed by atoms with Gasteiger partial charge in [0.2, 0.25) is 5.88 Å². The minimum Gasteiger partial charge on any atom is -0.453 e. The molecule has 0 unspecified atom stereocenters. The van der Waals surface area contributed by atoms with Crippen molar-refractivity contribution < 1.29 is 27.1 Å². The van der Waals surface area contributed by atoms with E-state index in [0.717, 1.165) is 12.1 Å². The van der Waals surface area contributed by atoms with Crippen LogP contribution in [0.5, 0.6) is 11.6 Å². The summed E-state index contributed by atoms with van der Waals surface area (Å²) in [5.74, 6) is 0.115. The molecule has 3 aromatic rings. The predicted molar refractivity (Wildman–Crippen MR) is 88.9 cm³/mol. The van der Waals surface area contributed by atoms with E-state index in [9.17, 15) is 18.0 Å². The summed E-state index contributed by atoms with van der Waals surface area (Å²) in [4.78, 5) is 14.1. The highest BCUT2D eigenvalue weighted by atomic mass is 35.5. The lowest BCUT2D eigenvalue weighted by Gasteiger charge is -2.12. The molecular weight excluding hydrogens is 394 g/mol. The van der Waals surface area contributed by atoms with Crippen molar-refractivity contribution in [2.75, 3.05) is 0 Å². The Kier molecular flexibility index (Phi) is 4.93. The zero-order valence-electron chi connectivity index (χ0n) is 12.7. The first-order chi connectivity index (χ1) is 12.3. The van der Waals surface area contributed by atoms with Crippen molar-refractivity contribution >= 4 is 29.5 Å². The van der Waals surface area contributed by atoms with E-state index >= 15 is 0 Å². The van der Waals surface area contributed by atoms with Crippen LogP contribution in [0.1, 0.15) is 16.2 Å². The van der Waals surface area contributed by atoms with Crippen molar-refractivity contribution in [1.82, 2.24) is 4.98 Å². The third-order valence-electron chi connectivity index (χ3n) is 3.25. The number of rotatable bonds is 4. The molecule has 0 spiro atoms. The lowest BCUT2D eigenvalue weighted by molar-refractivity contribution is -0.141. The first-order valence-corrected chi connectivity index (χ1v) is 7.80. The van der Waals surface area contributed by atoms with Crippen LogP contribution in [0.15, 0.2) is 46.9 Å². The van der Waals surface area contributed by atoms with Gasteiger partial charge in [-0.2, -0.15) is 13.2 Å². The van der Waals surface area contributed by atoms with Crippen LogP contribution in [-0.4, -0.2) is 11.3 Å². The van der Waals surface area contributed by atoms with Crippen molar-refractivity contribution in [3.8, 4) is 23.0 Å². The van der Waals surface area contributed by atoms with Gasteiger partial charge in [0, 0.05) is 11.6 Å². The van der Waals surface area contributed by atoms with Gasteiger partial charge >= 0.3 is 6.18 Å². The Bertz CT molecular complexity index is 947. The third-order valence-corrected chi connectivity index (χ3v) is 3.81. The number of aromatic nitrogens is 1. The molecular formula is C17H8Cl2F3NO3. The molecule has 0 aliphatic rings. The van der Waals surface area contributed by atoms with Crippen LogP contribution < -0.4 is 4.74 Å². The fourth-order valence-corrected chi connectivity index (χ4v) is 2.67. The highest BCUT2D eigenvalue weighted by molar-refractivity contribution is 6.37. The number of benzene rings is 1. The molecule has 0 atom stereocenters. The second-order valence-electron chi connectivity index (χ2n) is 5.05. The van der Waals surface area contributed by atoms with Gasteiger partial charge in [-0.3, -0.25) is 4.79 Å². The Morgan fingerprint density at radius 3 is 2.35 bits per heavy atom. The summed E-state index contributed by atoms with van der Waals surface area (Å²) in [6, 6.07) is 9.15. The second kappa shape index (κ2) is 7.01. The van der Waals surface area contributed by atoms with Crippen molar-refractivity contribution in [3.63, 3.8) is 0 Å². The molecule has 2 heterocycles. The molecule has 0 saturated carbocycles. The maximum Gasteiger partial charge on any atom is 0.433 e. The molecule has 0 aliphatic heterocycles. The summed E-state index contributed by atoms with van der Waals surface area (Å²) in [5, 5.41) is 0.0755. The molecule has 26 heavy (non-hydrogen) atoms. The molecule has 9 heteroatoms. The smallest absolute Gasteiger partial charge is 0.433 e. The topological polar surface area (TPSA) is 52.3 Å². The summed E-state index contributed by atoms with van der Waals surface area (Å²) < 4.78 is 48.8. The van der Waals surface area contributed by atoms with Gasteiger partial charge in [-0.05, 0) is 30.3 Å². The second-order valence-corrected chi connectivity index (χ2v) is 5.86. The Morgan fingerprint density at radius 2 is 1.77 bits per heavy atom. The summed E-state index contributed by atoms with van der Waals surface area (Å²) in [6.07, 6.45) is -4.06. The van der Waals surface area contributed by atoms with Gasteiger partial charge < -0.3 is 9.15 Å². The molecule has 2 aromatic heterocycles. The van der Waals surface area contributed by atoms with Gasteiger partial charge in [-0.15, -0.1) is 0 Å². The molecule has 3 rings (SSSR count). The average Bonchev–Trinajstić information content (AvgIpc) is 3.07. The number of nitrogens with zero attached hydrogens (tertiary/aromatic N) is 1. The maximum absolute atomic E-state index is 12.7. The van der Waals surface area contributed by atoms with Gasteiger partial charge in [0.1, 0.15) is 11.5 Å². The van der Waals surface area contributed by atoms with Crippen LogP contribution in [0.4, 0.5) is 13.2 Å². The molecule has 1 aromatic carbocycles. The number of hydrogen-bond donors (Lipinski definition) is 0. The zero-order valence-corrected chi connectivity index (χ0v) is 14.2. The number of pyridine rings is 1. The van der Waals surface area contributed by atoms with Crippen molar-refractivity contribution in [2.24, 2.45) is 0 Å². The molecule has 0 fully saturated rings. The van der Waals surface area contributed by atoms with E-state index in [0.29, 0.717) is 17.6 Å². The number of ether oxygens (including phenoxy) is 1. The largest absolute Gasteiger partial charge is 0.453 e. The Morgan fingerprint density at radius 1 is 1.08 bits per heavy atom. The molecule has 0 saturated heterocycles. The number of alkyl halides is 3. The molecule has 0 radical (unpaired) electrons. The lowest BCUT2D eigenvalue weighted by atomic mass is 10.1.